The van der Waals surface area contributed by atoms with Crippen molar-refractivity contribution in [3.05, 3.63) is 41.5 Å². The quantitative estimate of drug-likeness (QED) is 0.753. The highest BCUT2D eigenvalue weighted by Crippen LogP contribution is 2.23. The smallest absolute Gasteiger partial charge is 0.232 e. The van der Waals surface area contributed by atoms with Crippen molar-refractivity contribution in [2.45, 2.75) is 58.2 Å². The van der Waals surface area contributed by atoms with Gasteiger partial charge in [-0.15, -0.1) is 0 Å². The number of aromatic nitrogens is 2. The molecule has 1 aromatic heterocycles. The van der Waals surface area contributed by atoms with E-state index in [0.717, 1.165) is 43.9 Å². The van der Waals surface area contributed by atoms with Gasteiger partial charge in [-0.3, -0.25) is 4.90 Å². The van der Waals surface area contributed by atoms with E-state index in [4.69, 9.17) is 14.0 Å². The number of methoxy groups -OCH3 is 1. The number of benzene rings is 1. The van der Waals surface area contributed by atoms with Crippen molar-refractivity contribution in [3.8, 4) is 5.75 Å². The highest BCUT2D eigenvalue weighted by Gasteiger charge is 2.24. The first-order valence-corrected chi connectivity index (χ1v) is 9.24. The zero-order valence-corrected chi connectivity index (χ0v) is 16.2. The van der Waals surface area contributed by atoms with Crippen LogP contribution in [0.15, 0.2) is 28.8 Å². The number of nitrogens with zero attached hydrogens (tertiary/aromatic N) is 3. The first-order valence-electron chi connectivity index (χ1n) is 9.24. The first-order chi connectivity index (χ1) is 12.5. The van der Waals surface area contributed by atoms with Gasteiger partial charge < -0.3 is 14.0 Å². The molecule has 142 valence electrons. The summed E-state index contributed by atoms with van der Waals surface area (Å²) >= 11 is 0. The molecule has 0 aliphatic carbocycles. The Morgan fingerprint density at radius 3 is 2.69 bits per heavy atom. The maximum atomic E-state index is 5.84. The van der Waals surface area contributed by atoms with E-state index < -0.39 is 0 Å². The molecule has 6 heteroatoms. The van der Waals surface area contributed by atoms with Gasteiger partial charge in [-0.05, 0) is 18.9 Å². The Bertz CT molecular complexity index is 702. The fraction of sp³-hybridized carbons (Fsp3) is 0.600. The molecule has 1 aromatic carbocycles. The van der Waals surface area contributed by atoms with Crippen molar-refractivity contribution in [3.63, 3.8) is 0 Å². The highest BCUT2D eigenvalue weighted by atomic mass is 16.5. The highest BCUT2D eigenvalue weighted by molar-refractivity contribution is 5.33. The van der Waals surface area contributed by atoms with Gasteiger partial charge in [0.25, 0.3) is 0 Å². The van der Waals surface area contributed by atoms with Crippen molar-refractivity contribution in [2.75, 3.05) is 20.3 Å². The van der Waals surface area contributed by atoms with Crippen LogP contribution in [0, 0.1) is 0 Å². The standard InChI is InChI=1S/C20H29N3O3/c1-20(2,3)19-21-18(22-26-19)14-23(13-16-9-7-11-25-16)12-15-8-5-6-10-17(15)24-4/h5-6,8,10,16H,7,9,11-14H2,1-4H3. The van der Waals surface area contributed by atoms with Crippen LogP contribution in [0.4, 0.5) is 0 Å². The molecular weight excluding hydrogens is 330 g/mol. The van der Waals surface area contributed by atoms with Crippen molar-refractivity contribution >= 4 is 0 Å². The molecule has 1 aliphatic heterocycles. The summed E-state index contributed by atoms with van der Waals surface area (Å²) < 4.78 is 16.8. The third-order valence-electron chi connectivity index (χ3n) is 4.55. The molecule has 1 saturated heterocycles. The van der Waals surface area contributed by atoms with Crippen LogP contribution in [0.1, 0.15) is 50.9 Å². The molecule has 26 heavy (non-hydrogen) atoms. The van der Waals surface area contributed by atoms with E-state index in [1.807, 2.05) is 18.2 Å². The molecule has 6 nitrogen and oxygen atoms in total. The number of para-hydroxylation sites is 1. The minimum absolute atomic E-state index is 0.146. The van der Waals surface area contributed by atoms with Gasteiger partial charge in [0.15, 0.2) is 5.82 Å². The van der Waals surface area contributed by atoms with Crippen LogP contribution in [0.25, 0.3) is 0 Å². The third kappa shape index (κ3) is 4.83. The minimum atomic E-state index is -0.146. The summed E-state index contributed by atoms with van der Waals surface area (Å²) in [4.78, 5) is 6.90. The monoisotopic (exact) mass is 359 g/mol. The zero-order chi connectivity index (χ0) is 18.6. The van der Waals surface area contributed by atoms with Crippen molar-refractivity contribution in [2.24, 2.45) is 0 Å². The van der Waals surface area contributed by atoms with Gasteiger partial charge in [-0.1, -0.05) is 44.1 Å². The second-order valence-electron chi connectivity index (χ2n) is 7.88. The fourth-order valence-corrected chi connectivity index (χ4v) is 3.16. The third-order valence-corrected chi connectivity index (χ3v) is 4.55. The summed E-state index contributed by atoms with van der Waals surface area (Å²) in [5, 5.41) is 4.18. The van der Waals surface area contributed by atoms with Crippen LogP contribution in [0.5, 0.6) is 5.75 Å². The van der Waals surface area contributed by atoms with Crippen molar-refractivity contribution in [1.29, 1.82) is 0 Å². The normalized spacial score (nSPS) is 17.8. The fourth-order valence-electron chi connectivity index (χ4n) is 3.16. The molecule has 0 radical (unpaired) electrons. The average molecular weight is 359 g/mol. The van der Waals surface area contributed by atoms with E-state index >= 15 is 0 Å². The van der Waals surface area contributed by atoms with E-state index in [1.54, 1.807) is 7.11 Å². The van der Waals surface area contributed by atoms with E-state index in [9.17, 15) is 0 Å². The van der Waals surface area contributed by atoms with Gasteiger partial charge in [-0.25, -0.2) is 0 Å². The molecule has 0 saturated carbocycles. The summed E-state index contributed by atoms with van der Waals surface area (Å²) in [6.07, 6.45) is 2.49. The number of hydrogen-bond donors (Lipinski definition) is 0. The van der Waals surface area contributed by atoms with Crippen LogP contribution < -0.4 is 4.74 Å². The topological polar surface area (TPSA) is 60.6 Å². The lowest BCUT2D eigenvalue weighted by molar-refractivity contribution is 0.0664. The molecule has 1 atom stereocenters. The molecule has 1 unspecified atom stereocenters. The Labute approximate surface area is 155 Å². The summed E-state index contributed by atoms with van der Waals surface area (Å²) in [6.45, 7) is 9.29. The Kier molecular flexibility index (Phi) is 5.94. The van der Waals surface area contributed by atoms with E-state index in [1.165, 1.54) is 0 Å². The van der Waals surface area contributed by atoms with Crippen LogP contribution in [0.2, 0.25) is 0 Å². The second-order valence-corrected chi connectivity index (χ2v) is 7.88. The summed E-state index contributed by atoms with van der Waals surface area (Å²) in [5.74, 6) is 2.28. The van der Waals surface area contributed by atoms with Crippen LogP contribution in [-0.2, 0) is 23.2 Å². The average Bonchev–Trinajstić information content (AvgIpc) is 3.27. The van der Waals surface area contributed by atoms with Gasteiger partial charge in [-0.2, -0.15) is 4.98 Å². The lowest BCUT2D eigenvalue weighted by Gasteiger charge is -2.24. The molecule has 2 heterocycles. The maximum absolute atomic E-state index is 5.84. The van der Waals surface area contributed by atoms with Crippen molar-refractivity contribution in [1.82, 2.24) is 15.0 Å². The maximum Gasteiger partial charge on any atom is 0.232 e. The minimum Gasteiger partial charge on any atom is -0.496 e. The Morgan fingerprint density at radius 1 is 1.23 bits per heavy atom. The second kappa shape index (κ2) is 8.18. The largest absolute Gasteiger partial charge is 0.496 e. The van der Waals surface area contributed by atoms with Gasteiger partial charge in [0.05, 0.1) is 19.8 Å². The lowest BCUT2D eigenvalue weighted by Crippen LogP contribution is -2.32. The molecule has 1 fully saturated rings. The Hall–Kier alpha value is -1.92. The molecule has 0 spiro atoms. The molecule has 3 rings (SSSR count). The van der Waals surface area contributed by atoms with E-state index in [0.29, 0.717) is 18.3 Å². The van der Waals surface area contributed by atoms with Gasteiger partial charge in [0.1, 0.15) is 5.75 Å². The molecule has 0 amide bonds. The van der Waals surface area contributed by atoms with E-state index in [2.05, 4.69) is 41.9 Å². The van der Waals surface area contributed by atoms with E-state index in [-0.39, 0.29) is 11.5 Å². The molecular formula is C20H29N3O3. The summed E-state index contributed by atoms with van der Waals surface area (Å²) in [6, 6.07) is 8.11. The van der Waals surface area contributed by atoms with Crippen LogP contribution in [-0.4, -0.2) is 41.4 Å². The molecule has 0 N–H and O–H groups in total. The molecule has 2 aromatic rings. The Morgan fingerprint density at radius 2 is 2.04 bits per heavy atom. The van der Waals surface area contributed by atoms with Crippen LogP contribution in [0.3, 0.4) is 0 Å². The number of ether oxygens (including phenoxy) is 2. The van der Waals surface area contributed by atoms with Crippen molar-refractivity contribution < 1.29 is 14.0 Å². The van der Waals surface area contributed by atoms with Crippen LogP contribution >= 0.6 is 0 Å². The molecule has 0 bridgehead atoms. The summed E-state index contributed by atoms with van der Waals surface area (Å²) in [7, 11) is 1.71. The zero-order valence-electron chi connectivity index (χ0n) is 16.2. The first kappa shape index (κ1) is 18.9. The Balaban J connectivity index is 1.75. The predicted octanol–water partition coefficient (Wildman–Crippen LogP) is 3.56. The van der Waals surface area contributed by atoms with Gasteiger partial charge >= 0.3 is 0 Å². The molecule has 1 aliphatic rings. The van der Waals surface area contributed by atoms with Gasteiger partial charge in [0.2, 0.25) is 5.89 Å². The SMILES string of the molecule is COc1ccccc1CN(Cc1noc(C(C)(C)C)n1)CC1CCCO1. The number of hydrogen-bond acceptors (Lipinski definition) is 6. The predicted molar refractivity (Wildman–Crippen MR) is 99.1 cm³/mol. The van der Waals surface area contributed by atoms with Gasteiger partial charge in [0, 0.05) is 30.7 Å². The number of rotatable bonds is 7. The summed E-state index contributed by atoms with van der Waals surface area (Å²) in [5.41, 5.74) is 1.00. The lowest BCUT2D eigenvalue weighted by atomic mass is 9.97.